The third kappa shape index (κ3) is 3.23. The van der Waals surface area contributed by atoms with Crippen molar-refractivity contribution in [1.82, 2.24) is 4.90 Å². The quantitative estimate of drug-likeness (QED) is 0.895. The summed E-state index contributed by atoms with van der Waals surface area (Å²) in [5.74, 6) is 0.581. The number of fused-ring (bicyclic) bond motifs is 2. The Morgan fingerprint density at radius 2 is 1.79 bits per heavy atom. The monoisotopic (exact) mass is 328 g/mol. The Morgan fingerprint density at radius 3 is 2.38 bits per heavy atom. The lowest BCUT2D eigenvalue weighted by atomic mass is 9.65. The predicted octanol–water partition coefficient (Wildman–Crippen LogP) is 4.38. The summed E-state index contributed by atoms with van der Waals surface area (Å²) in [5, 5.41) is 0. The van der Waals surface area contributed by atoms with Crippen LogP contribution in [0.4, 0.5) is 0 Å². The van der Waals surface area contributed by atoms with E-state index in [9.17, 15) is 4.79 Å². The van der Waals surface area contributed by atoms with E-state index in [1.165, 1.54) is 6.42 Å². The molecule has 2 N–H and O–H groups in total. The van der Waals surface area contributed by atoms with Crippen molar-refractivity contribution in [2.24, 2.45) is 22.5 Å². The molecule has 2 bridgehead atoms. The lowest BCUT2D eigenvalue weighted by Crippen LogP contribution is -2.37. The molecule has 3 atom stereocenters. The summed E-state index contributed by atoms with van der Waals surface area (Å²) < 4.78 is 0. The second kappa shape index (κ2) is 5.87. The summed E-state index contributed by atoms with van der Waals surface area (Å²) in [4.78, 5) is 15.2. The molecule has 3 unspecified atom stereocenters. The molecule has 1 saturated carbocycles. The van der Waals surface area contributed by atoms with E-state index in [1.54, 1.807) is 0 Å². The standard InChI is InChI=1S/C21H32N2O/c1-14(2)18(22)15-6-8-16(9-7-15)19(24)23-13-21(5)11-17(23)10-20(3,4)12-21/h6-9,14,17-18H,10-13,22H2,1-5H3. The van der Waals surface area contributed by atoms with Crippen LogP contribution in [0.3, 0.4) is 0 Å². The summed E-state index contributed by atoms with van der Waals surface area (Å²) in [5.41, 5.74) is 8.72. The Labute approximate surface area is 146 Å². The molecule has 1 aliphatic heterocycles. The van der Waals surface area contributed by atoms with E-state index in [4.69, 9.17) is 5.73 Å². The van der Waals surface area contributed by atoms with Crippen LogP contribution in [0, 0.1) is 16.7 Å². The molecule has 1 saturated heterocycles. The molecule has 0 spiro atoms. The van der Waals surface area contributed by atoms with Gasteiger partial charge in [-0.2, -0.15) is 0 Å². The third-order valence-corrected chi connectivity index (χ3v) is 5.94. The van der Waals surface area contributed by atoms with Gasteiger partial charge in [-0.15, -0.1) is 0 Å². The molecular weight excluding hydrogens is 296 g/mol. The van der Waals surface area contributed by atoms with Gasteiger partial charge in [0.1, 0.15) is 0 Å². The first kappa shape index (κ1) is 17.5. The molecule has 1 aromatic carbocycles. The zero-order valence-electron chi connectivity index (χ0n) is 15.8. The highest BCUT2D eigenvalue weighted by atomic mass is 16.2. The molecule has 2 fully saturated rings. The zero-order chi connectivity index (χ0) is 17.7. The van der Waals surface area contributed by atoms with Crippen LogP contribution in [0.25, 0.3) is 0 Å². The normalized spacial score (nSPS) is 29.8. The van der Waals surface area contributed by atoms with Crippen molar-refractivity contribution < 1.29 is 4.79 Å². The molecule has 3 nitrogen and oxygen atoms in total. The number of amides is 1. The molecule has 1 amide bonds. The van der Waals surface area contributed by atoms with Crippen molar-refractivity contribution >= 4 is 5.91 Å². The summed E-state index contributed by atoms with van der Waals surface area (Å²) in [6.45, 7) is 12.2. The van der Waals surface area contributed by atoms with E-state index < -0.39 is 0 Å². The van der Waals surface area contributed by atoms with E-state index in [1.807, 2.05) is 24.3 Å². The van der Waals surface area contributed by atoms with Gasteiger partial charge in [0.15, 0.2) is 0 Å². The lowest BCUT2D eigenvalue weighted by Gasteiger charge is -2.39. The van der Waals surface area contributed by atoms with Crippen LogP contribution in [0.5, 0.6) is 0 Å². The Balaban J connectivity index is 1.78. The molecule has 3 heteroatoms. The Morgan fingerprint density at radius 1 is 1.17 bits per heavy atom. The Hall–Kier alpha value is -1.35. The van der Waals surface area contributed by atoms with E-state index in [-0.39, 0.29) is 17.4 Å². The highest BCUT2D eigenvalue weighted by molar-refractivity contribution is 5.94. The summed E-state index contributed by atoms with van der Waals surface area (Å²) in [6, 6.07) is 8.37. The first-order chi connectivity index (χ1) is 11.1. The number of carbonyl (C=O) groups excluding carboxylic acids is 1. The molecule has 1 heterocycles. The molecule has 0 radical (unpaired) electrons. The van der Waals surface area contributed by atoms with Crippen LogP contribution in [0.15, 0.2) is 24.3 Å². The van der Waals surface area contributed by atoms with Gasteiger partial charge in [-0.05, 0) is 53.7 Å². The fourth-order valence-corrected chi connectivity index (χ4v) is 5.10. The number of nitrogens with two attached hydrogens (primary N) is 1. The van der Waals surface area contributed by atoms with E-state index in [2.05, 4.69) is 39.5 Å². The van der Waals surface area contributed by atoms with Crippen molar-refractivity contribution in [2.45, 2.75) is 66.0 Å². The van der Waals surface area contributed by atoms with E-state index >= 15 is 0 Å². The van der Waals surface area contributed by atoms with E-state index in [0.29, 0.717) is 17.4 Å². The van der Waals surface area contributed by atoms with Gasteiger partial charge >= 0.3 is 0 Å². The largest absolute Gasteiger partial charge is 0.335 e. The van der Waals surface area contributed by atoms with Crippen molar-refractivity contribution in [3.8, 4) is 0 Å². The third-order valence-electron chi connectivity index (χ3n) is 5.94. The molecule has 3 rings (SSSR count). The molecule has 132 valence electrons. The molecular formula is C21H32N2O. The fraction of sp³-hybridized carbons (Fsp3) is 0.667. The van der Waals surface area contributed by atoms with Gasteiger partial charge in [-0.3, -0.25) is 4.79 Å². The first-order valence-electron chi connectivity index (χ1n) is 9.27. The first-order valence-corrected chi connectivity index (χ1v) is 9.27. The van der Waals surface area contributed by atoms with Crippen LogP contribution >= 0.6 is 0 Å². The maximum Gasteiger partial charge on any atom is 0.254 e. The molecule has 0 aromatic heterocycles. The van der Waals surface area contributed by atoms with Crippen LogP contribution in [-0.2, 0) is 0 Å². The van der Waals surface area contributed by atoms with Crippen molar-refractivity contribution in [1.29, 1.82) is 0 Å². The predicted molar refractivity (Wildman–Crippen MR) is 98.8 cm³/mol. The Bertz CT molecular complexity index is 619. The smallest absolute Gasteiger partial charge is 0.254 e. The second-order valence-electron chi connectivity index (χ2n) is 9.54. The number of likely N-dealkylation sites (tertiary alicyclic amines) is 1. The average Bonchev–Trinajstić information content (AvgIpc) is 2.74. The van der Waals surface area contributed by atoms with Gasteiger partial charge in [0, 0.05) is 24.2 Å². The number of carbonyl (C=O) groups is 1. The SMILES string of the molecule is CC(C)C(N)c1ccc(C(=O)N2CC3(C)CC2CC(C)(C)C3)cc1. The zero-order valence-corrected chi connectivity index (χ0v) is 15.8. The van der Waals surface area contributed by atoms with Crippen LogP contribution in [0.1, 0.15) is 75.8 Å². The minimum Gasteiger partial charge on any atom is -0.335 e. The summed E-state index contributed by atoms with van der Waals surface area (Å²) in [6.07, 6.45) is 3.48. The minimum absolute atomic E-state index is 0.0276. The number of benzene rings is 1. The fourth-order valence-electron chi connectivity index (χ4n) is 5.10. The Kier molecular flexibility index (Phi) is 4.28. The topological polar surface area (TPSA) is 46.3 Å². The van der Waals surface area contributed by atoms with Gasteiger partial charge in [0.05, 0.1) is 0 Å². The highest BCUT2D eigenvalue weighted by Gasteiger charge is 2.50. The van der Waals surface area contributed by atoms with Crippen molar-refractivity contribution in [2.75, 3.05) is 6.54 Å². The van der Waals surface area contributed by atoms with Gasteiger partial charge in [-0.25, -0.2) is 0 Å². The van der Waals surface area contributed by atoms with Gasteiger partial charge < -0.3 is 10.6 Å². The van der Waals surface area contributed by atoms with E-state index in [0.717, 1.165) is 30.5 Å². The molecule has 1 aliphatic carbocycles. The van der Waals surface area contributed by atoms with Crippen molar-refractivity contribution in [3.63, 3.8) is 0 Å². The van der Waals surface area contributed by atoms with Crippen molar-refractivity contribution in [3.05, 3.63) is 35.4 Å². The summed E-state index contributed by atoms with van der Waals surface area (Å²) >= 11 is 0. The second-order valence-corrected chi connectivity index (χ2v) is 9.54. The van der Waals surface area contributed by atoms with Gasteiger partial charge in [-0.1, -0.05) is 46.8 Å². The van der Waals surface area contributed by atoms with Gasteiger partial charge in [0.2, 0.25) is 0 Å². The molecule has 24 heavy (non-hydrogen) atoms. The lowest BCUT2D eigenvalue weighted by molar-refractivity contribution is 0.0708. The highest BCUT2D eigenvalue weighted by Crippen LogP contribution is 2.52. The minimum atomic E-state index is 0.0276. The number of hydrogen-bond donors (Lipinski definition) is 1. The average molecular weight is 329 g/mol. The molecule has 1 aromatic rings. The maximum atomic E-state index is 13.1. The summed E-state index contributed by atoms with van der Waals surface area (Å²) in [7, 11) is 0. The van der Waals surface area contributed by atoms with Gasteiger partial charge in [0.25, 0.3) is 5.91 Å². The number of nitrogens with zero attached hydrogens (tertiary/aromatic N) is 1. The number of rotatable bonds is 3. The van der Waals surface area contributed by atoms with Crippen LogP contribution in [-0.4, -0.2) is 23.4 Å². The maximum absolute atomic E-state index is 13.1. The molecule has 2 aliphatic rings. The van der Waals surface area contributed by atoms with Crippen LogP contribution in [0.2, 0.25) is 0 Å². The van der Waals surface area contributed by atoms with Crippen LogP contribution < -0.4 is 5.73 Å². The number of hydrogen-bond acceptors (Lipinski definition) is 2.